The Labute approximate surface area is 203 Å². The van der Waals surface area contributed by atoms with Crippen molar-refractivity contribution in [3.05, 3.63) is 40.3 Å². The Morgan fingerprint density at radius 2 is 1.94 bits per heavy atom. The zero-order valence-electron chi connectivity index (χ0n) is 19.5. The van der Waals surface area contributed by atoms with Gasteiger partial charge in [0.15, 0.2) is 0 Å². The van der Waals surface area contributed by atoms with Crippen LogP contribution >= 0.6 is 23.1 Å². The summed E-state index contributed by atoms with van der Waals surface area (Å²) in [6.45, 7) is 3.89. The second-order valence-corrected chi connectivity index (χ2v) is 10.7. The Balaban J connectivity index is 1.68. The first-order chi connectivity index (χ1) is 15.9. The van der Waals surface area contributed by atoms with E-state index in [1.807, 2.05) is 31.2 Å². The van der Waals surface area contributed by atoms with E-state index >= 15 is 0 Å². The van der Waals surface area contributed by atoms with Gasteiger partial charge in [0.25, 0.3) is 0 Å². The third kappa shape index (κ3) is 6.84. The van der Waals surface area contributed by atoms with Crippen LogP contribution in [0.15, 0.2) is 29.2 Å². The molecule has 0 saturated heterocycles. The van der Waals surface area contributed by atoms with Gasteiger partial charge in [-0.25, -0.2) is 4.79 Å². The molecule has 1 heterocycles. The van der Waals surface area contributed by atoms with Gasteiger partial charge in [0.1, 0.15) is 5.00 Å². The number of nitrogens with one attached hydrogen (secondary N) is 2. The average molecular weight is 489 g/mol. The SMILES string of the molecule is CCCCC(=O)Nc1cccc(SC(C)C(=O)Nc2sc3c(c2C(=O)OC)CCCCC3)c1. The van der Waals surface area contributed by atoms with Crippen LogP contribution in [0.25, 0.3) is 0 Å². The lowest BCUT2D eigenvalue weighted by molar-refractivity contribution is -0.116. The number of anilines is 2. The van der Waals surface area contributed by atoms with Gasteiger partial charge in [-0.15, -0.1) is 23.1 Å². The Morgan fingerprint density at radius 1 is 1.15 bits per heavy atom. The van der Waals surface area contributed by atoms with Gasteiger partial charge < -0.3 is 15.4 Å². The second-order valence-electron chi connectivity index (χ2n) is 8.19. The lowest BCUT2D eigenvalue weighted by Crippen LogP contribution is -2.23. The number of amides is 2. The second kappa shape index (κ2) is 12.2. The van der Waals surface area contributed by atoms with Crippen LogP contribution in [0.5, 0.6) is 0 Å². The fourth-order valence-corrected chi connectivity index (χ4v) is 6.03. The molecule has 2 N–H and O–H groups in total. The first-order valence-corrected chi connectivity index (χ1v) is 13.2. The summed E-state index contributed by atoms with van der Waals surface area (Å²) in [6.07, 6.45) is 7.39. The van der Waals surface area contributed by atoms with E-state index < -0.39 is 5.97 Å². The van der Waals surface area contributed by atoms with Crippen molar-refractivity contribution < 1.29 is 19.1 Å². The number of thioether (sulfide) groups is 1. The van der Waals surface area contributed by atoms with Crippen LogP contribution in [0.1, 0.15) is 73.2 Å². The summed E-state index contributed by atoms with van der Waals surface area (Å²) in [4.78, 5) is 39.6. The number of unbranched alkanes of at least 4 members (excludes halogenated alkanes) is 1. The molecular formula is C25H32N2O4S2. The molecule has 33 heavy (non-hydrogen) atoms. The fourth-order valence-electron chi connectivity index (χ4n) is 3.83. The molecular weight excluding hydrogens is 456 g/mol. The number of hydrogen-bond acceptors (Lipinski definition) is 6. The maximum atomic E-state index is 13.0. The molecule has 0 bridgehead atoms. The van der Waals surface area contributed by atoms with Crippen LogP contribution in [0.2, 0.25) is 0 Å². The summed E-state index contributed by atoms with van der Waals surface area (Å²) in [5.41, 5.74) is 2.27. The largest absolute Gasteiger partial charge is 0.465 e. The molecule has 0 spiro atoms. The number of hydrogen-bond donors (Lipinski definition) is 2. The Bertz CT molecular complexity index is 1000. The molecule has 1 unspecified atom stereocenters. The van der Waals surface area contributed by atoms with Crippen molar-refractivity contribution in [2.75, 3.05) is 17.7 Å². The van der Waals surface area contributed by atoms with Gasteiger partial charge in [-0.2, -0.15) is 0 Å². The summed E-state index contributed by atoms with van der Waals surface area (Å²) in [5, 5.41) is 6.10. The minimum absolute atomic E-state index is 0.00223. The molecule has 1 atom stereocenters. The third-order valence-corrected chi connectivity index (χ3v) is 7.91. The van der Waals surface area contributed by atoms with Gasteiger partial charge >= 0.3 is 5.97 Å². The van der Waals surface area contributed by atoms with E-state index in [-0.39, 0.29) is 17.1 Å². The maximum absolute atomic E-state index is 13.0. The van der Waals surface area contributed by atoms with Crippen LogP contribution in [-0.4, -0.2) is 30.1 Å². The van der Waals surface area contributed by atoms with E-state index in [9.17, 15) is 14.4 Å². The molecule has 1 aliphatic carbocycles. The smallest absolute Gasteiger partial charge is 0.341 e. The summed E-state index contributed by atoms with van der Waals surface area (Å²) in [6, 6.07) is 7.52. The van der Waals surface area contributed by atoms with E-state index in [2.05, 4.69) is 17.6 Å². The first-order valence-electron chi connectivity index (χ1n) is 11.5. The van der Waals surface area contributed by atoms with Crippen LogP contribution in [-0.2, 0) is 27.2 Å². The number of fused-ring (bicyclic) bond motifs is 1. The molecule has 2 amide bonds. The molecule has 0 radical (unpaired) electrons. The number of rotatable bonds is 9. The standard InChI is InChI=1S/C25H32N2O4S2/c1-4-5-14-21(28)26-17-10-9-11-18(15-17)32-16(2)23(29)27-24-22(25(30)31-3)19-12-7-6-8-13-20(19)33-24/h9-11,15-16H,4-8,12-14H2,1-3H3,(H,26,28)(H,27,29). The van der Waals surface area contributed by atoms with E-state index in [0.717, 1.165) is 61.1 Å². The molecule has 0 aliphatic heterocycles. The average Bonchev–Trinajstić information content (AvgIpc) is 2.97. The number of esters is 1. The van der Waals surface area contributed by atoms with Crippen molar-refractivity contribution in [2.45, 2.75) is 75.4 Å². The predicted molar refractivity (Wildman–Crippen MR) is 135 cm³/mol. The molecule has 178 valence electrons. The number of thiophene rings is 1. The van der Waals surface area contributed by atoms with Crippen molar-refractivity contribution in [2.24, 2.45) is 0 Å². The summed E-state index contributed by atoms with van der Waals surface area (Å²) < 4.78 is 5.03. The molecule has 1 aromatic carbocycles. The minimum atomic E-state index is -0.392. The van der Waals surface area contributed by atoms with E-state index in [1.54, 1.807) is 0 Å². The topological polar surface area (TPSA) is 84.5 Å². The molecule has 3 rings (SSSR count). The number of methoxy groups -OCH3 is 1. The van der Waals surface area contributed by atoms with Crippen LogP contribution in [0.3, 0.4) is 0 Å². The monoisotopic (exact) mass is 488 g/mol. The predicted octanol–water partition coefficient (Wildman–Crippen LogP) is 6.05. The Hall–Kier alpha value is -2.32. The number of carbonyl (C=O) groups is 3. The summed E-state index contributed by atoms with van der Waals surface area (Å²) >= 11 is 2.91. The highest BCUT2D eigenvalue weighted by atomic mass is 32.2. The van der Waals surface area contributed by atoms with Crippen molar-refractivity contribution >= 4 is 51.6 Å². The molecule has 1 aromatic heterocycles. The van der Waals surface area contributed by atoms with Crippen molar-refractivity contribution in [3.63, 3.8) is 0 Å². The van der Waals surface area contributed by atoms with Gasteiger partial charge in [-0.05, 0) is 62.8 Å². The van der Waals surface area contributed by atoms with Gasteiger partial charge in [0, 0.05) is 21.9 Å². The highest BCUT2D eigenvalue weighted by molar-refractivity contribution is 8.00. The lowest BCUT2D eigenvalue weighted by atomic mass is 10.1. The molecule has 6 nitrogen and oxygen atoms in total. The van der Waals surface area contributed by atoms with Gasteiger partial charge in [0.05, 0.1) is 17.9 Å². The number of benzene rings is 1. The normalized spacial score (nSPS) is 14.0. The van der Waals surface area contributed by atoms with Crippen LogP contribution in [0, 0.1) is 0 Å². The van der Waals surface area contributed by atoms with Crippen LogP contribution < -0.4 is 10.6 Å². The molecule has 8 heteroatoms. The van der Waals surface area contributed by atoms with Crippen molar-refractivity contribution in [1.82, 2.24) is 0 Å². The Morgan fingerprint density at radius 3 is 2.70 bits per heavy atom. The first kappa shape index (κ1) is 25.3. The molecule has 0 saturated carbocycles. The van der Waals surface area contributed by atoms with E-state index in [4.69, 9.17) is 4.74 Å². The highest BCUT2D eigenvalue weighted by Gasteiger charge is 2.27. The van der Waals surface area contributed by atoms with Gasteiger partial charge in [-0.1, -0.05) is 25.8 Å². The summed E-state index contributed by atoms with van der Waals surface area (Å²) in [7, 11) is 1.38. The zero-order valence-corrected chi connectivity index (χ0v) is 21.1. The zero-order chi connectivity index (χ0) is 23.8. The third-order valence-electron chi connectivity index (χ3n) is 5.60. The van der Waals surface area contributed by atoms with Gasteiger partial charge in [-0.3, -0.25) is 9.59 Å². The quantitative estimate of drug-likeness (QED) is 0.255. The number of carbonyl (C=O) groups excluding carboxylic acids is 3. The molecule has 2 aromatic rings. The Kier molecular flexibility index (Phi) is 9.38. The van der Waals surface area contributed by atoms with Crippen LogP contribution in [0.4, 0.5) is 10.7 Å². The van der Waals surface area contributed by atoms with Crippen molar-refractivity contribution in [3.8, 4) is 0 Å². The number of ether oxygens (including phenoxy) is 1. The van der Waals surface area contributed by atoms with Crippen molar-refractivity contribution in [1.29, 1.82) is 0 Å². The lowest BCUT2D eigenvalue weighted by Gasteiger charge is -2.13. The van der Waals surface area contributed by atoms with E-state index in [0.29, 0.717) is 17.0 Å². The molecule has 1 aliphatic rings. The number of aryl methyl sites for hydroxylation is 1. The van der Waals surface area contributed by atoms with Gasteiger partial charge in [0.2, 0.25) is 11.8 Å². The fraction of sp³-hybridized carbons (Fsp3) is 0.480. The summed E-state index contributed by atoms with van der Waals surface area (Å²) in [5.74, 6) is -0.562. The van der Waals surface area contributed by atoms with E-state index in [1.165, 1.54) is 35.1 Å². The highest BCUT2D eigenvalue weighted by Crippen LogP contribution is 2.38. The minimum Gasteiger partial charge on any atom is -0.465 e. The maximum Gasteiger partial charge on any atom is 0.341 e. The molecule has 0 fully saturated rings.